The molecule has 0 amide bonds. The molecule has 1 N–H and O–H groups in total. The third kappa shape index (κ3) is 1.81. The average molecular weight is 231 g/mol. The molecule has 0 spiro atoms. The second kappa shape index (κ2) is 4.67. The largest absolute Gasteiger partial charge is 0.450 e. The van der Waals surface area contributed by atoms with Gasteiger partial charge in [0.1, 0.15) is 0 Å². The molecule has 0 aliphatic heterocycles. The van der Waals surface area contributed by atoms with Gasteiger partial charge in [0, 0.05) is 0 Å². The fourth-order valence-electron chi connectivity index (χ4n) is 2.30. The molecule has 0 aliphatic carbocycles. The summed E-state index contributed by atoms with van der Waals surface area (Å²) in [6, 6.07) is 22.4. The standard InChI is InChI=1S/C16H12BO/c18-17-16-11-10-13(12-6-2-1-3-7-12)14-8-4-5-9-15(14)16/h1-11,18H. The average Bonchev–Trinajstić information content (AvgIpc) is 2.47. The Hall–Kier alpha value is -2.06. The summed E-state index contributed by atoms with van der Waals surface area (Å²) in [5.74, 6) is 0. The number of benzene rings is 3. The summed E-state index contributed by atoms with van der Waals surface area (Å²) in [6.07, 6.45) is 0. The predicted octanol–water partition coefficient (Wildman–Crippen LogP) is 2.74. The molecule has 3 aromatic rings. The molecule has 1 radical (unpaired) electrons. The van der Waals surface area contributed by atoms with Gasteiger partial charge in [0.2, 0.25) is 0 Å². The van der Waals surface area contributed by atoms with E-state index in [0.29, 0.717) is 0 Å². The van der Waals surface area contributed by atoms with Crippen molar-refractivity contribution >= 4 is 23.7 Å². The molecule has 0 unspecified atom stereocenters. The molecule has 85 valence electrons. The maximum absolute atomic E-state index is 9.27. The summed E-state index contributed by atoms with van der Waals surface area (Å²) in [5, 5.41) is 11.5. The molecule has 0 bridgehead atoms. The Morgan fingerprint density at radius 1 is 0.667 bits per heavy atom. The molecule has 0 aromatic heterocycles. The van der Waals surface area contributed by atoms with Crippen LogP contribution in [0.15, 0.2) is 66.7 Å². The molecule has 2 heteroatoms. The van der Waals surface area contributed by atoms with Crippen molar-refractivity contribution in [3.05, 3.63) is 66.7 Å². The lowest BCUT2D eigenvalue weighted by molar-refractivity contribution is 0.616. The zero-order valence-corrected chi connectivity index (χ0v) is 9.88. The van der Waals surface area contributed by atoms with E-state index in [1.54, 1.807) is 0 Å². The Bertz CT molecular complexity index is 677. The molecule has 1 nitrogen and oxygen atoms in total. The van der Waals surface area contributed by atoms with E-state index < -0.39 is 0 Å². The van der Waals surface area contributed by atoms with Crippen LogP contribution >= 0.6 is 0 Å². The van der Waals surface area contributed by atoms with Crippen molar-refractivity contribution in [2.24, 2.45) is 0 Å². The van der Waals surface area contributed by atoms with Crippen LogP contribution in [0.5, 0.6) is 0 Å². The van der Waals surface area contributed by atoms with Crippen LogP contribution in [0.3, 0.4) is 0 Å². The maximum atomic E-state index is 9.27. The van der Waals surface area contributed by atoms with Gasteiger partial charge in [-0.3, -0.25) is 0 Å². The quantitative estimate of drug-likeness (QED) is 0.672. The van der Waals surface area contributed by atoms with E-state index in [1.807, 2.05) is 42.5 Å². The van der Waals surface area contributed by atoms with Gasteiger partial charge >= 0.3 is 7.48 Å². The molecular formula is C16H12BO. The first-order chi connectivity index (χ1) is 8.90. The van der Waals surface area contributed by atoms with Crippen LogP contribution in [0, 0.1) is 0 Å². The van der Waals surface area contributed by atoms with Gasteiger partial charge in [-0.1, -0.05) is 66.7 Å². The van der Waals surface area contributed by atoms with Crippen LogP contribution in [0.25, 0.3) is 21.9 Å². The molecule has 0 saturated heterocycles. The molecular weight excluding hydrogens is 219 g/mol. The van der Waals surface area contributed by atoms with Crippen LogP contribution < -0.4 is 5.46 Å². The second-order valence-electron chi connectivity index (χ2n) is 4.24. The van der Waals surface area contributed by atoms with Gasteiger partial charge in [0.15, 0.2) is 0 Å². The summed E-state index contributed by atoms with van der Waals surface area (Å²) >= 11 is 0. The van der Waals surface area contributed by atoms with Gasteiger partial charge in [-0.05, 0) is 27.4 Å². The highest BCUT2D eigenvalue weighted by Crippen LogP contribution is 2.27. The topological polar surface area (TPSA) is 20.2 Å². The zero-order valence-electron chi connectivity index (χ0n) is 9.88. The van der Waals surface area contributed by atoms with E-state index in [2.05, 4.69) is 24.3 Å². The minimum absolute atomic E-state index is 0.852. The van der Waals surface area contributed by atoms with Crippen molar-refractivity contribution in [3.8, 4) is 11.1 Å². The van der Waals surface area contributed by atoms with Crippen LogP contribution in [0.4, 0.5) is 0 Å². The van der Waals surface area contributed by atoms with Crippen LogP contribution in [0.1, 0.15) is 0 Å². The summed E-state index contributed by atoms with van der Waals surface area (Å²) < 4.78 is 0. The highest BCUT2D eigenvalue weighted by molar-refractivity contribution is 6.50. The predicted molar refractivity (Wildman–Crippen MR) is 77.0 cm³/mol. The minimum Gasteiger partial charge on any atom is -0.450 e. The van der Waals surface area contributed by atoms with Crippen molar-refractivity contribution in [1.82, 2.24) is 0 Å². The zero-order chi connectivity index (χ0) is 12.4. The molecule has 3 rings (SSSR count). The Balaban J connectivity index is 2.32. The van der Waals surface area contributed by atoms with Crippen molar-refractivity contribution in [2.75, 3.05) is 0 Å². The highest BCUT2D eigenvalue weighted by Gasteiger charge is 2.07. The summed E-state index contributed by atoms with van der Waals surface area (Å²) in [6.45, 7) is 0. The fourth-order valence-corrected chi connectivity index (χ4v) is 2.30. The Labute approximate surface area is 107 Å². The first-order valence-corrected chi connectivity index (χ1v) is 5.95. The van der Waals surface area contributed by atoms with E-state index in [1.165, 1.54) is 11.1 Å². The normalized spacial score (nSPS) is 10.5. The number of hydrogen-bond donors (Lipinski definition) is 1. The van der Waals surface area contributed by atoms with Crippen molar-refractivity contribution in [1.29, 1.82) is 0 Å². The number of fused-ring (bicyclic) bond motifs is 1. The van der Waals surface area contributed by atoms with Crippen LogP contribution in [0.2, 0.25) is 0 Å². The third-order valence-electron chi connectivity index (χ3n) is 3.18. The Kier molecular flexibility index (Phi) is 2.87. The first-order valence-electron chi connectivity index (χ1n) is 5.95. The lowest BCUT2D eigenvalue weighted by atomic mass is 9.82. The smallest absolute Gasteiger partial charge is 0.327 e. The SMILES string of the molecule is O[B]c1ccc(-c2ccccc2)c2ccccc12. The first kappa shape index (κ1) is 11.1. The van der Waals surface area contributed by atoms with Crippen LogP contribution in [-0.4, -0.2) is 12.5 Å². The van der Waals surface area contributed by atoms with Gasteiger partial charge < -0.3 is 5.02 Å². The van der Waals surface area contributed by atoms with E-state index in [9.17, 15) is 5.02 Å². The molecule has 0 saturated carbocycles. The van der Waals surface area contributed by atoms with Gasteiger partial charge in [-0.15, -0.1) is 0 Å². The third-order valence-corrected chi connectivity index (χ3v) is 3.18. The van der Waals surface area contributed by atoms with Gasteiger partial charge in [0.05, 0.1) is 0 Å². The molecule has 0 aliphatic rings. The van der Waals surface area contributed by atoms with Crippen molar-refractivity contribution < 1.29 is 5.02 Å². The highest BCUT2D eigenvalue weighted by atomic mass is 16.2. The summed E-state index contributed by atoms with van der Waals surface area (Å²) in [7, 11) is 1.16. The van der Waals surface area contributed by atoms with Crippen molar-refractivity contribution in [3.63, 3.8) is 0 Å². The van der Waals surface area contributed by atoms with Gasteiger partial charge in [0.25, 0.3) is 0 Å². The van der Waals surface area contributed by atoms with Gasteiger partial charge in [-0.25, -0.2) is 0 Å². The molecule has 0 heterocycles. The fraction of sp³-hybridized carbons (Fsp3) is 0. The molecule has 18 heavy (non-hydrogen) atoms. The lowest BCUT2D eigenvalue weighted by Crippen LogP contribution is -2.14. The van der Waals surface area contributed by atoms with Crippen LogP contribution in [-0.2, 0) is 0 Å². The van der Waals surface area contributed by atoms with E-state index in [4.69, 9.17) is 0 Å². The second-order valence-corrected chi connectivity index (χ2v) is 4.24. The number of hydrogen-bond acceptors (Lipinski definition) is 1. The monoisotopic (exact) mass is 231 g/mol. The van der Waals surface area contributed by atoms with E-state index in [-0.39, 0.29) is 0 Å². The minimum atomic E-state index is 0.852. The van der Waals surface area contributed by atoms with E-state index in [0.717, 1.165) is 23.7 Å². The van der Waals surface area contributed by atoms with Crippen molar-refractivity contribution in [2.45, 2.75) is 0 Å². The molecule has 0 fully saturated rings. The maximum Gasteiger partial charge on any atom is 0.327 e. The summed E-state index contributed by atoms with van der Waals surface area (Å²) in [5.41, 5.74) is 3.24. The molecule has 3 aromatic carbocycles. The van der Waals surface area contributed by atoms with E-state index >= 15 is 0 Å². The molecule has 0 atom stereocenters. The lowest BCUT2D eigenvalue weighted by Gasteiger charge is -2.09. The Morgan fingerprint density at radius 2 is 1.33 bits per heavy atom. The van der Waals surface area contributed by atoms with Gasteiger partial charge in [-0.2, -0.15) is 0 Å². The Morgan fingerprint density at radius 3 is 2.06 bits per heavy atom. The summed E-state index contributed by atoms with van der Waals surface area (Å²) in [4.78, 5) is 0. The number of rotatable bonds is 2.